The maximum Gasteiger partial charge on any atom is 0.354 e. The molecule has 0 bridgehead atoms. The van der Waals surface area contributed by atoms with E-state index < -0.39 is 5.97 Å². The first-order valence-corrected chi connectivity index (χ1v) is 5.24. The first kappa shape index (κ1) is 12.0. The minimum Gasteiger partial charge on any atom is -0.508 e. The highest BCUT2D eigenvalue weighted by Gasteiger charge is 2.15. The minimum atomic E-state index is -1.05. The number of carboxylic acid groups (broad SMARTS) is 1. The predicted molar refractivity (Wildman–Crippen MR) is 62.6 cm³/mol. The number of aromatic nitrogens is 2. The molecular weight excluding hydrogens is 236 g/mol. The molecule has 2 N–H and O–H groups in total. The van der Waals surface area contributed by atoms with Gasteiger partial charge in [0, 0.05) is 18.7 Å². The maximum atomic E-state index is 11.0. The number of carbonyl (C=O) groups is 1. The van der Waals surface area contributed by atoms with E-state index in [1.165, 1.54) is 23.0 Å². The lowest BCUT2D eigenvalue weighted by Crippen LogP contribution is -2.09. The zero-order valence-electron chi connectivity index (χ0n) is 9.70. The lowest BCUT2D eigenvalue weighted by atomic mass is 10.2. The van der Waals surface area contributed by atoms with Gasteiger partial charge in [-0.05, 0) is 12.1 Å². The Morgan fingerprint density at radius 3 is 2.94 bits per heavy atom. The number of aromatic carboxylic acids is 1. The lowest BCUT2D eigenvalue weighted by Gasteiger charge is -2.06. The summed E-state index contributed by atoms with van der Waals surface area (Å²) in [6.45, 7) is 0.0823. The summed E-state index contributed by atoms with van der Waals surface area (Å²) in [5.41, 5.74) is 0.573. The van der Waals surface area contributed by atoms with Crippen LogP contribution in [-0.4, -0.2) is 26.0 Å². The number of phenols is 1. The van der Waals surface area contributed by atoms with Crippen LogP contribution in [0.4, 0.5) is 0 Å². The number of aryl methyl sites for hydroxylation is 1. The molecule has 0 fully saturated rings. The smallest absolute Gasteiger partial charge is 0.354 e. The molecule has 1 heterocycles. The first-order valence-electron chi connectivity index (χ1n) is 5.24. The van der Waals surface area contributed by atoms with Gasteiger partial charge >= 0.3 is 5.97 Å². The van der Waals surface area contributed by atoms with Crippen molar-refractivity contribution in [2.24, 2.45) is 7.05 Å². The SMILES string of the molecule is Cn1ncc(COc2cccc(O)c2)c1C(=O)O. The van der Waals surface area contributed by atoms with E-state index in [2.05, 4.69) is 5.10 Å². The lowest BCUT2D eigenvalue weighted by molar-refractivity contribution is 0.0682. The monoisotopic (exact) mass is 248 g/mol. The largest absolute Gasteiger partial charge is 0.508 e. The second-order valence-electron chi connectivity index (χ2n) is 3.73. The third kappa shape index (κ3) is 2.42. The van der Waals surface area contributed by atoms with Gasteiger partial charge in [0.2, 0.25) is 0 Å². The van der Waals surface area contributed by atoms with Gasteiger partial charge in [-0.15, -0.1) is 0 Å². The van der Waals surface area contributed by atoms with E-state index >= 15 is 0 Å². The summed E-state index contributed by atoms with van der Waals surface area (Å²) >= 11 is 0. The van der Waals surface area contributed by atoms with Gasteiger partial charge in [-0.2, -0.15) is 5.10 Å². The number of phenolic OH excluding ortho intramolecular Hbond substituents is 1. The molecule has 6 nitrogen and oxygen atoms in total. The Balaban J connectivity index is 2.13. The number of aromatic hydroxyl groups is 1. The highest BCUT2D eigenvalue weighted by atomic mass is 16.5. The van der Waals surface area contributed by atoms with Crippen molar-refractivity contribution in [1.82, 2.24) is 9.78 Å². The Labute approximate surface area is 103 Å². The van der Waals surface area contributed by atoms with Gasteiger partial charge < -0.3 is 14.9 Å². The van der Waals surface area contributed by atoms with Crippen molar-refractivity contribution in [2.45, 2.75) is 6.61 Å². The van der Waals surface area contributed by atoms with Gasteiger partial charge in [0.25, 0.3) is 0 Å². The van der Waals surface area contributed by atoms with Gasteiger partial charge in [-0.25, -0.2) is 4.79 Å². The van der Waals surface area contributed by atoms with Gasteiger partial charge in [-0.3, -0.25) is 4.68 Å². The first-order chi connectivity index (χ1) is 8.58. The molecule has 0 saturated carbocycles. The summed E-state index contributed by atoms with van der Waals surface area (Å²) in [6.07, 6.45) is 1.45. The summed E-state index contributed by atoms with van der Waals surface area (Å²) in [6, 6.07) is 6.30. The number of hydrogen-bond acceptors (Lipinski definition) is 4. The fourth-order valence-corrected chi connectivity index (χ4v) is 1.60. The van der Waals surface area contributed by atoms with Crippen LogP contribution in [0, 0.1) is 0 Å². The molecule has 2 aromatic rings. The molecule has 0 aliphatic carbocycles. The van der Waals surface area contributed by atoms with Gasteiger partial charge in [-0.1, -0.05) is 6.07 Å². The van der Waals surface area contributed by atoms with Crippen LogP contribution in [0.5, 0.6) is 11.5 Å². The van der Waals surface area contributed by atoms with Crippen molar-refractivity contribution in [3.05, 3.63) is 41.7 Å². The van der Waals surface area contributed by atoms with E-state index in [1.54, 1.807) is 19.2 Å². The highest BCUT2D eigenvalue weighted by molar-refractivity contribution is 5.87. The minimum absolute atomic E-state index is 0.0823. The van der Waals surface area contributed by atoms with Crippen LogP contribution in [0.1, 0.15) is 16.1 Å². The van der Waals surface area contributed by atoms with E-state index in [1.807, 2.05) is 0 Å². The van der Waals surface area contributed by atoms with Crippen molar-refractivity contribution in [3.63, 3.8) is 0 Å². The van der Waals surface area contributed by atoms with Crippen LogP contribution < -0.4 is 4.74 Å². The maximum absolute atomic E-state index is 11.0. The molecule has 0 amide bonds. The topological polar surface area (TPSA) is 84.6 Å². The van der Waals surface area contributed by atoms with E-state index in [4.69, 9.17) is 9.84 Å². The van der Waals surface area contributed by atoms with E-state index in [0.29, 0.717) is 11.3 Å². The van der Waals surface area contributed by atoms with E-state index in [0.717, 1.165) is 0 Å². The number of benzene rings is 1. The van der Waals surface area contributed by atoms with Gasteiger partial charge in [0.05, 0.1) is 6.20 Å². The number of nitrogens with zero attached hydrogens (tertiary/aromatic N) is 2. The van der Waals surface area contributed by atoms with Crippen LogP contribution in [-0.2, 0) is 13.7 Å². The molecule has 0 unspecified atom stereocenters. The molecular formula is C12H12N2O4. The van der Waals surface area contributed by atoms with Crippen molar-refractivity contribution in [2.75, 3.05) is 0 Å². The molecule has 1 aromatic heterocycles. The van der Waals surface area contributed by atoms with Crippen LogP contribution in [0.15, 0.2) is 30.5 Å². The fraction of sp³-hybridized carbons (Fsp3) is 0.167. The summed E-state index contributed by atoms with van der Waals surface area (Å²) in [5, 5.41) is 22.2. The predicted octanol–water partition coefficient (Wildman–Crippen LogP) is 1.40. The molecule has 94 valence electrons. The molecule has 0 atom stereocenters. The van der Waals surface area contributed by atoms with Crippen molar-refractivity contribution >= 4 is 5.97 Å². The van der Waals surface area contributed by atoms with Crippen LogP contribution in [0.2, 0.25) is 0 Å². The fourth-order valence-electron chi connectivity index (χ4n) is 1.60. The number of rotatable bonds is 4. The summed E-state index contributed by atoms with van der Waals surface area (Å²) in [4.78, 5) is 11.0. The zero-order valence-corrected chi connectivity index (χ0v) is 9.70. The Kier molecular flexibility index (Phi) is 3.18. The number of carboxylic acids is 1. The molecule has 2 rings (SSSR count). The summed E-state index contributed by atoms with van der Waals surface area (Å²) < 4.78 is 6.68. The molecule has 0 aliphatic rings. The van der Waals surface area contributed by atoms with Crippen molar-refractivity contribution < 1.29 is 19.7 Å². The standard InChI is InChI=1S/C12H12N2O4/c1-14-11(12(16)17)8(6-13-14)7-18-10-4-2-3-9(15)5-10/h2-6,15H,7H2,1H3,(H,16,17). The molecule has 0 spiro atoms. The van der Waals surface area contributed by atoms with Gasteiger partial charge in [0.15, 0.2) is 5.69 Å². The van der Waals surface area contributed by atoms with Gasteiger partial charge in [0.1, 0.15) is 18.1 Å². The summed E-state index contributed by atoms with van der Waals surface area (Å²) in [7, 11) is 1.56. The third-order valence-electron chi connectivity index (χ3n) is 2.43. The highest BCUT2D eigenvalue weighted by Crippen LogP contribution is 2.19. The zero-order chi connectivity index (χ0) is 13.1. The third-order valence-corrected chi connectivity index (χ3v) is 2.43. The molecule has 6 heteroatoms. The molecule has 0 saturated heterocycles. The quantitative estimate of drug-likeness (QED) is 0.854. The Hall–Kier alpha value is -2.50. The normalized spacial score (nSPS) is 10.3. The second-order valence-corrected chi connectivity index (χ2v) is 3.73. The Morgan fingerprint density at radius 1 is 1.50 bits per heavy atom. The summed E-state index contributed by atoms with van der Waals surface area (Å²) in [5.74, 6) is -0.489. The second kappa shape index (κ2) is 4.79. The number of hydrogen-bond donors (Lipinski definition) is 2. The van der Waals surface area contributed by atoms with Crippen LogP contribution >= 0.6 is 0 Å². The average molecular weight is 248 g/mol. The van der Waals surface area contributed by atoms with Crippen LogP contribution in [0.25, 0.3) is 0 Å². The number of ether oxygens (including phenoxy) is 1. The molecule has 1 aromatic carbocycles. The van der Waals surface area contributed by atoms with Crippen LogP contribution in [0.3, 0.4) is 0 Å². The molecule has 18 heavy (non-hydrogen) atoms. The molecule has 0 radical (unpaired) electrons. The van der Waals surface area contributed by atoms with Crippen molar-refractivity contribution in [3.8, 4) is 11.5 Å². The molecule has 0 aliphatic heterocycles. The van der Waals surface area contributed by atoms with E-state index in [9.17, 15) is 9.90 Å². The van der Waals surface area contributed by atoms with E-state index in [-0.39, 0.29) is 18.1 Å². The Morgan fingerprint density at radius 2 is 2.28 bits per heavy atom. The Bertz CT molecular complexity index is 577. The van der Waals surface area contributed by atoms with Crippen molar-refractivity contribution in [1.29, 1.82) is 0 Å². The average Bonchev–Trinajstić information content (AvgIpc) is 2.68.